The van der Waals surface area contributed by atoms with Gasteiger partial charge in [-0.1, -0.05) is 74.5 Å². The molecular weight excluding hydrogens is 412 g/mol. The van der Waals surface area contributed by atoms with Gasteiger partial charge in [0, 0.05) is 6.42 Å². The molecule has 0 saturated heterocycles. The fourth-order valence-corrected chi connectivity index (χ4v) is 3.51. The Balaban J connectivity index is 2.04. The van der Waals surface area contributed by atoms with Crippen molar-refractivity contribution in [3.8, 4) is 0 Å². The van der Waals surface area contributed by atoms with Crippen molar-refractivity contribution in [3.63, 3.8) is 0 Å². The maximum absolute atomic E-state index is 12.9. The standard InChI is InChI=1S/C24H30N2O4S/c1-16(2)13-19(25-23(28)21(31)15-18-11-7-4-8-12-18)22(27)26-20(24(29)30)14-17-9-5-3-6-10-17/h3-12,16,19-21,31H,13-15H2,1-2H3,(H,25,28)(H,26,27)(H,29,30)/t19-,20-,21?/m0/s1. The molecule has 7 heteroatoms. The third kappa shape index (κ3) is 8.45. The van der Waals surface area contributed by atoms with E-state index in [9.17, 15) is 19.5 Å². The second-order valence-electron chi connectivity index (χ2n) is 7.99. The van der Waals surface area contributed by atoms with Crippen molar-refractivity contribution >= 4 is 30.4 Å². The van der Waals surface area contributed by atoms with Gasteiger partial charge in [0.05, 0.1) is 5.25 Å². The van der Waals surface area contributed by atoms with E-state index in [4.69, 9.17) is 0 Å². The second kappa shape index (κ2) is 12.2. The number of hydrogen-bond donors (Lipinski definition) is 4. The number of carbonyl (C=O) groups excluding carboxylic acids is 2. The topological polar surface area (TPSA) is 95.5 Å². The highest BCUT2D eigenvalue weighted by Gasteiger charge is 2.28. The van der Waals surface area contributed by atoms with Crippen LogP contribution >= 0.6 is 12.6 Å². The minimum absolute atomic E-state index is 0.126. The van der Waals surface area contributed by atoms with Gasteiger partial charge in [-0.05, 0) is 29.9 Å². The number of thiol groups is 1. The molecule has 31 heavy (non-hydrogen) atoms. The number of carboxylic acid groups (broad SMARTS) is 1. The number of aliphatic carboxylic acids is 1. The van der Waals surface area contributed by atoms with Crippen molar-refractivity contribution < 1.29 is 19.5 Å². The van der Waals surface area contributed by atoms with Gasteiger partial charge in [-0.15, -0.1) is 0 Å². The Morgan fingerprint density at radius 1 is 0.806 bits per heavy atom. The van der Waals surface area contributed by atoms with E-state index in [1.807, 2.05) is 74.5 Å². The molecule has 2 aromatic carbocycles. The number of amides is 2. The van der Waals surface area contributed by atoms with Crippen molar-refractivity contribution in [2.24, 2.45) is 5.92 Å². The van der Waals surface area contributed by atoms with Gasteiger partial charge in [-0.25, -0.2) is 4.79 Å². The quantitative estimate of drug-likeness (QED) is 0.403. The summed E-state index contributed by atoms with van der Waals surface area (Å²) in [4.78, 5) is 37.3. The SMILES string of the molecule is CC(C)C[C@H](NC(=O)C(S)Cc1ccccc1)C(=O)N[C@@H](Cc1ccccc1)C(=O)O. The van der Waals surface area contributed by atoms with Crippen LogP contribution in [0.3, 0.4) is 0 Å². The van der Waals surface area contributed by atoms with E-state index in [1.165, 1.54) is 0 Å². The van der Waals surface area contributed by atoms with Crippen LogP contribution in [0, 0.1) is 5.92 Å². The normalized spacial score (nSPS) is 13.8. The summed E-state index contributed by atoms with van der Waals surface area (Å²) in [5, 5.41) is 14.3. The van der Waals surface area contributed by atoms with Gasteiger partial charge in [0.1, 0.15) is 12.1 Å². The van der Waals surface area contributed by atoms with Crippen LogP contribution in [-0.2, 0) is 27.2 Å². The van der Waals surface area contributed by atoms with Crippen molar-refractivity contribution in [2.75, 3.05) is 0 Å². The Bertz CT molecular complexity index is 858. The van der Waals surface area contributed by atoms with Gasteiger partial charge in [0.25, 0.3) is 0 Å². The first-order valence-corrected chi connectivity index (χ1v) is 10.9. The first-order valence-electron chi connectivity index (χ1n) is 10.4. The van der Waals surface area contributed by atoms with E-state index in [2.05, 4.69) is 23.3 Å². The fraction of sp³-hybridized carbons (Fsp3) is 0.375. The lowest BCUT2D eigenvalue weighted by Crippen LogP contribution is -2.53. The van der Waals surface area contributed by atoms with E-state index in [0.717, 1.165) is 11.1 Å². The minimum Gasteiger partial charge on any atom is -0.480 e. The summed E-state index contributed by atoms with van der Waals surface area (Å²) in [6.07, 6.45) is 0.978. The first-order chi connectivity index (χ1) is 14.8. The number of benzene rings is 2. The van der Waals surface area contributed by atoms with Gasteiger partial charge in [-0.3, -0.25) is 9.59 Å². The Hall–Kier alpha value is -2.80. The van der Waals surface area contributed by atoms with Gasteiger partial charge < -0.3 is 15.7 Å². The molecule has 0 bridgehead atoms. The molecule has 6 nitrogen and oxygen atoms in total. The summed E-state index contributed by atoms with van der Waals surface area (Å²) >= 11 is 4.40. The molecule has 0 aromatic heterocycles. The Morgan fingerprint density at radius 3 is 1.77 bits per heavy atom. The molecule has 1 unspecified atom stereocenters. The molecule has 0 spiro atoms. The lowest BCUT2D eigenvalue weighted by atomic mass is 10.0. The summed E-state index contributed by atoms with van der Waals surface area (Å²) in [6.45, 7) is 3.88. The van der Waals surface area contributed by atoms with E-state index in [1.54, 1.807) is 0 Å². The molecule has 0 aliphatic heterocycles. The van der Waals surface area contributed by atoms with Crippen LogP contribution in [0.1, 0.15) is 31.4 Å². The number of carboxylic acids is 1. The Morgan fingerprint density at radius 2 is 1.29 bits per heavy atom. The number of rotatable bonds is 11. The van der Waals surface area contributed by atoms with Crippen molar-refractivity contribution in [3.05, 3.63) is 71.8 Å². The average molecular weight is 443 g/mol. The van der Waals surface area contributed by atoms with Crippen LogP contribution in [0.25, 0.3) is 0 Å². The van der Waals surface area contributed by atoms with E-state index < -0.39 is 29.2 Å². The van der Waals surface area contributed by atoms with Crippen LogP contribution in [0.2, 0.25) is 0 Å². The number of carbonyl (C=O) groups is 3. The molecule has 2 amide bonds. The summed E-state index contributed by atoms with van der Waals surface area (Å²) in [5.41, 5.74) is 1.77. The predicted octanol–water partition coefficient (Wildman–Crippen LogP) is 2.87. The van der Waals surface area contributed by atoms with Crippen LogP contribution in [0.15, 0.2) is 60.7 Å². The number of hydrogen-bond acceptors (Lipinski definition) is 4. The summed E-state index contributed by atoms with van der Waals surface area (Å²) in [7, 11) is 0. The lowest BCUT2D eigenvalue weighted by Gasteiger charge is -2.24. The van der Waals surface area contributed by atoms with E-state index in [-0.39, 0.29) is 18.2 Å². The summed E-state index contributed by atoms with van der Waals surface area (Å²) < 4.78 is 0. The maximum atomic E-state index is 12.9. The molecule has 0 fully saturated rings. The fourth-order valence-electron chi connectivity index (χ4n) is 3.22. The smallest absolute Gasteiger partial charge is 0.326 e. The lowest BCUT2D eigenvalue weighted by molar-refractivity contribution is -0.142. The van der Waals surface area contributed by atoms with Crippen molar-refractivity contribution in [2.45, 2.75) is 50.4 Å². The molecular formula is C24H30N2O4S. The zero-order chi connectivity index (χ0) is 22.8. The average Bonchev–Trinajstić information content (AvgIpc) is 2.73. The van der Waals surface area contributed by atoms with Gasteiger partial charge in [-0.2, -0.15) is 12.6 Å². The molecule has 2 rings (SSSR count). The third-order valence-corrected chi connectivity index (χ3v) is 5.23. The minimum atomic E-state index is -1.12. The Labute approximate surface area is 188 Å². The van der Waals surface area contributed by atoms with E-state index >= 15 is 0 Å². The zero-order valence-electron chi connectivity index (χ0n) is 17.8. The highest BCUT2D eigenvalue weighted by Crippen LogP contribution is 2.11. The molecule has 0 aliphatic rings. The summed E-state index contributed by atoms with van der Waals surface area (Å²) in [5.74, 6) is -1.86. The van der Waals surface area contributed by atoms with Crippen LogP contribution < -0.4 is 10.6 Å². The molecule has 0 radical (unpaired) electrons. The second-order valence-corrected chi connectivity index (χ2v) is 8.61. The molecule has 166 valence electrons. The van der Waals surface area contributed by atoms with E-state index in [0.29, 0.717) is 12.8 Å². The first kappa shape index (κ1) is 24.5. The van der Waals surface area contributed by atoms with Crippen LogP contribution in [0.4, 0.5) is 0 Å². The third-order valence-electron chi connectivity index (χ3n) is 4.81. The molecule has 3 N–H and O–H groups in total. The van der Waals surface area contributed by atoms with Crippen LogP contribution in [0.5, 0.6) is 0 Å². The maximum Gasteiger partial charge on any atom is 0.326 e. The highest BCUT2D eigenvalue weighted by molar-refractivity contribution is 7.81. The van der Waals surface area contributed by atoms with Crippen LogP contribution in [-0.4, -0.2) is 40.2 Å². The van der Waals surface area contributed by atoms with Crippen molar-refractivity contribution in [1.29, 1.82) is 0 Å². The van der Waals surface area contributed by atoms with Gasteiger partial charge in [0.15, 0.2) is 0 Å². The van der Waals surface area contributed by atoms with Gasteiger partial charge in [0.2, 0.25) is 11.8 Å². The molecule has 3 atom stereocenters. The molecule has 0 saturated carbocycles. The largest absolute Gasteiger partial charge is 0.480 e. The summed E-state index contributed by atoms with van der Waals surface area (Å²) in [6, 6.07) is 16.7. The molecule has 0 aliphatic carbocycles. The molecule has 2 aromatic rings. The number of nitrogens with one attached hydrogen (secondary N) is 2. The monoisotopic (exact) mass is 442 g/mol. The molecule has 0 heterocycles. The van der Waals surface area contributed by atoms with Gasteiger partial charge >= 0.3 is 5.97 Å². The Kier molecular flexibility index (Phi) is 9.59. The highest BCUT2D eigenvalue weighted by atomic mass is 32.1. The zero-order valence-corrected chi connectivity index (χ0v) is 18.7. The van der Waals surface area contributed by atoms with Crippen molar-refractivity contribution in [1.82, 2.24) is 10.6 Å². The predicted molar refractivity (Wildman–Crippen MR) is 124 cm³/mol.